The summed E-state index contributed by atoms with van der Waals surface area (Å²) < 4.78 is 11.1. The van der Waals surface area contributed by atoms with Crippen molar-refractivity contribution in [3.63, 3.8) is 0 Å². The number of amides is 2. The van der Waals surface area contributed by atoms with Gasteiger partial charge in [-0.3, -0.25) is 4.79 Å². The number of hydrogen-bond acceptors (Lipinski definition) is 5. The lowest BCUT2D eigenvalue weighted by Gasteiger charge is -2.39. The van der Waals surface area contributed by atoms with Crippen LogP contribution in [0.2, 0.25) is 0 Å². The van der Waals surface area contributed by atoms with Crippen LogP contribution in [0.15, 0.2) is 53.7 Å². The highest BCUT2D eigenvalue weighted by Crippen LogP contribution is 2.51. The Hall–Kier alpha value is -3.22. The molecule has 4 heterocycles. The van der Waals surface area contributed by atoms with Gasteiger partial charge in [-0.15, -0.1) is 0 Å². The lowest BCUT2D eigenvalue weighted by atomic mass is 9.81. The van der Waals surface area contributed by atoms with Gasteiger partial charge in [-0.1, -0.05) is 12.7 Å². The lowest BCUT2D eigenvalue weighted by Crippen LogP contribution is -2.38. The number of anilines is 1. The molecule has 168 valence electrons. The first-order valence-corrected chi connectivity index (χ1v) is 11.4. The summed E-state index contributed by atoms with van der Waals surface area (Å²) in [6.07, 6.45) is 6.99. The molecule has 3 aliphatic heterocycles. The van der Waals surface area contributed by atoms with Gasteiger partial charge in [0.05, 0.1) is 18.3 Å². The number of fused-ring (bicyclic) bond motifs is 3. The molecule has 0 radical (unpaired) electrons. The molecule has 0 spiro atoms. The predicted molar refractivity (Wildman–Crippen MR) is 120 cm³/mol. The van der Waals surface area contributed by atoms with Crippen molar-refractivity contribution in [1.82, 2.24) is 9.80 Å². The predicted octanol–water partition coefficient (Wildman–Crippen LogP) is 4.76. The van der Waals surface area contributed by atoms with Gasteiger partial charge in [0, 0.05) is 36.8 Å². The molecule has 5 rings (SSSR count). The first-order valence-electron chi connectivity index (χ1n) is 11.4. The van der Waals surface area contributed by atoms with E-state index in [-0.39, 0.29) is 36.6 Å². The quantitative estimate of drug-likeness (QED) is 0.701. The normalized spacial score (nSPS) is 24.3. The number of rotatable bonds is 4. The van der Waals surface area contributed by atoms with Gasteiger partial charge in [0.2, 0.25) is 0 Å². The van der Waals surface area contributed by atoms with Crippen molar-refractivity contribution < 1.29 is 18.7 Å². The third kappa shape index (κ3) is 3.66. The zero-order chi connectivity index (χ0) is 22.1. The number of carbonyl (C=O) groups is 2. The second-order valence-electron chi connectivity index (χ2n) is 8.75. The van der Waals surface area contributed by atoms with Crippen molar-refractivity contribution in [2.45, 2.75) is 37.8 Å². The Bertz CT molecular complexity index is 997. The maximum Gasteiger partial charge on any atom is 0.410 e. The highest BCUT2D eigenvalue weighted by molar-refractivity contribution is 5.95. The molecule has 1 unspecified atom stereocenters. The Kier molecular flexibility index (Phi) is 5.64. The summed E-state index contributed by atoms with van der Waals surface area (Å²) in [7, 11) is 0. The zero-order valence-electron chi connectivity index (χ0n) is 18.2. The van der Waals surface area contributed by atoms with Crippen LogP contribution >= 0.6 is 0 Å². The van der Waals surface area contributed by atoms with E-state index in [1.54, 1.807) is 17.2 Å². The summed E-state index contributed by atoms with van der Waals surface area (Å²) >= 11 is 0. The molecule has 7 heteroatoms. The SMILES string of the molecule is C=CCOC(=O)N1CC[C@H]2C(c3ccco3)Nc3ccc(C(=O)N4CCCCC4)cc3[C@H]21. The van der Waals surface area contributed by atoms with E-state index in [4.69, 9.17) is 9.15 Å². The van der Waals surface area contributed by atoms with Crippen LogP contribution in [0.1, 0.15) is 59.4 Å². The smallest absolute Gasteiger partial charge is 0.410 e. The Balaban J connectivity index is 1.51. The lowest BCUT2D eigenvalue weighted by molar-refractivity contribution is 0.0724. The van der Waals surface area contributed by atoms with E-state index in [1.807, 2.05) is 35.2 Å². The summed E-state index contributed by atoms with van der Waals surface area (Å²) in [5.41, 5.74) is 2.56. The van der Waals surface area contributed by atoms with Gasteiger partial charge in [-0.05, 0) is 61.6 Å². The van der Waals surface area contributed by atoms with E-state index < -0.39 is 0 Å². The number of nitrogens with one attached hydrogen (secondary N) is 1. The van der Waals surface area contributed by atoms with Crippen LogP contribution in [0.3, 0.4) is 0 Å². The van der Waals surface area contributed by atoms with Crippen molar-refractivity contribution in [1.29, 1.82) is 0 Å². The summed E-state index contributed by atoms with van der Waals surface area (Å²) in [6.45, 7) is 6.02. The zero-order valence-corrected chi connectivity index (χ0v) is 18.2. The summed E-state index contributed by atoms with van der Waals surface area (Å²) in [5.74, 6) is 1.03. The molecule has 2 amide bonds. The fourth-order valence-electron chi connectivity index (χ4n) is 5.36. The average Bonchev–Trinajstić information content (AvgIpc) is 3.52. The van der Waals surface area contributed by atoms with Crippen molar-refractivity contribution in [3.8, 4) is 0 Å². The molecule has 0 bridgehead atoms. The van der Waals surface area contributed by atoms with E-state index >= 15 is 0 Å². The van der Waals surface area contributed by atoms with Gasteiger partial charge in [0.25, 0.3) is 5.91 Å². The number of piperidine rings is 1. The van der Waals surface area contributed by atoms with Crippen LogP contribution in [0, 0.1) is 5.92 Å². The number of furan rings is 1. The molecule has 1 aromatic carbocycles. The van der Waals surface area contributed by atoms with Gasteiger partial charge in [0.1, 0.15) is 12.4 Å². The molecule has 1 N–H and O–H groups in total. The third-order valence-corrected chi connectivity index (χ3v) is 6.85. The molecular weight excluding hydrogens is 406 g/mol. The van der Waals surface area contributed by atoms with Crippen molar-refractivity contribution in [2.75, 3.05) is 31.6 Å². The van der Waals surface area contributed by atoms with E-state index in [9.17, 15) is 9.59 Å². The number of hydrogen-bond donors (Lipinski definition) is 1. The highest BCUT2D eigenvalue weighted by Gasteiger charge is 2.48. The van der Waals surface area contributed by atoms with Crippen LogP contribution in [-0.4, -0.2) is 48.0 Å². The van der Waals surface area contributed by atoms with Crippen LogP contribution in [-0.2, 0) is 4.74 Å². The summed E-state index contributed by atoms with van der Waals surface area (Å²) in [6, 6.07) is 9.42. The maximum atomic E-state index is 13.2. The van der Waals surface area contributed by atoms with E-state index in [0.29, 0.717) is 12.1 Å². The topological polar surface area (TPSA) is 75.0 Å². The minimum atomic E-state index is -0.351. The largest absolute Gasteiger partial charge is 0.467 e. The van der Waals surface area contributed by atoms with Gasteiger partial charge >= 0.3 is 6.09 Å². The van der Waals surface area contributed by atoms with E-state index in [1.165, 1.54) is 6.42 Å². The van der Waals surface area contributed by atoms with Gasteiger partial charge in [0.15, 0.2) is 0 Å². The van der Waals surface area contributed by atoms with Crippen molar-refractivity contribution >= 4 is 17.7 Å². The summed E-state index contributed by atoms with van der Waals surface area (Å²) in [4.78, 5) is 29.8. The molecule has 2 fully saturated rings. The number of carbonyl (C=O) groups excluding carboxylic acids is 2. The highest BCUT2D eigenvalue weighted by atomic mass is 16.6. The molecule has 2 aromatic rings. The number of likely N-dealkylation sites (tertiary alicyclic amines) is 2. The first-order chi connectivity index (χ1) is 15.7. The fourth-order valence-corrected chi connectivity index (χ4v) is 5.36. The molecule has 1 aromatic heterocycles. The van der Waals surface area contributed by atoms with Gasteiger partial charge in [-0.2, -0.15) is 0 Å². The molecule has 3 atom stereocenters. The molecule has 3 aliphatic rings. The minimum Gasteiger partial charge on any atom is -0.467 e. The van der Waals surface area contributed by atoms with Crippen molar-refractivity contribution in [3.05, 3.63) is 66.1 Å². The van der Waals surface area contributed by atoms with Crippen LogP contribution in [0.4, 0.5) is 10.5 Å². The summed E-state index contributed by atoms with van der Waals surface area (Å²) in [5, 5.41) is 3.61. The standard InChI is InChI=1S/C25H29N3O4/c1-2-14-32-25(30)28-13-10-18-22(21-7-6-15-31-21)26-20-9-8-17(16-19(20)23(18)28)24(29)27-11-4-3-5-12-27/h2,6-9,15-16,18,22-23,26H,1,3-5,10-14H2/t18-,22?,23-/m0/s1. The second kappa shape index (κ2) is 8.73. The van der Waals surface area contributed by atoms with E-state index in [2.05, 4.69) is 11.9 Å². The van der Waals surface area contributed by atoms with Gasteiger partial charge in [-0.25, -0.2) is 4.79 Å². The molecule has 32 heavy (non-hydrogen) atoms. The molecule has 7 nitrogen and oxygen atoms in total. The Morgan fingerprint density at radius 2 is 2.03 bits per heavy atom. The van der Waals surface area contributed by atoms with Crippen LogP contribution in [0.25, 0.3) is 0 Å². The Labute approximate surface area is 188 Å². The number of nitrogens with zero attached hydrogens (tertiary/aromatic N) is 2. The fraction of sp³-hybridized carbons (Fsp3) is 0.440. The second-order valence-corrected chi connectivity index (χ2v) is 8.75. The minimum absolute atomic E-state index is 0.0525. The monoisotopic (exact) mass is 435 g/mol. The molecule has 2 saturated heterocycles. The van der Waals surface area contributed by atoms with Gasteiger partial charge < -0.3 is 24.3 Å². The molecule has 0 saturated carbocycles. The average molecular weight is 436 g/mol. The van der Waals surface area contributed by atoms with E-state index in [0.717, 1.165) is 49.4 Å². The molecular formula is C25H29N3O4. The third-order valence-electron chi connectivity index (χ3n) is 6.85. The first kappa shape index (κ1) is 20.7. The number of ether oxygens (including phenoxy) is 1. The molecule has 0 aliphatic carbocycles. The Morgan fingerprint density at radius 3 is 2.78 bits per heavy atom. The Morgan fingerprint density at radius 1 is 1.19 bits per heavy atom. The van der Waals surface area contributed by atoms with Crippen LogP contribution < -0.4 is 5.32 Å². The maximum absolute atomic E-state index is 13.2. The van der Waals surface area contributed by atoms with Crippen molar-refractivity contribution in [2.24, 2.45) is 5.92 Å². The number of benzene rings is 1. The van der Waals surface area contributed by atoms with Crippen LogP contribution in [0.5, 0.6) is 0 Å².